The second-order valence-corrected chi connectivity index (χ2v) is 4.25. The summed E-state index contributed by atoms with van der Waals surface area (Å²) in [6.45, 7) is 1.41. The molecular weight excluding hydrogens is 291 g/mol. The lowest BCUT2D eigenvalue weighted by atomic mass is 10.1. The van der Waals surface area contributed by atoms with Gasteiger partial charge >= 0.3 is 5.97 Å². The van der Waals surface area contributed by atoms with Crippen molar-refractivity contribution in [2.75, 3.05) is 6.61 Å². The smallest absolute Gasteiger partial charge is 0.303 e. The van der Waals surface area contributed by atoms with E-state index in [2.05, 4.69) is 0 Å². The van der Waals surface area contributed by atoms with Crippen LogP contribution in [0.25, 0.3) is 0 Å². The van der Waals surface area contributed by atoms with E-state index < -0.39 is 24.5 Å². The van der Waals surface area contributed by atoms with Gasteiger partial charge in [0.25, 0.3) is 0 Å². The summed E-state index contributed by atoms with van der Waals surface area (Å²) < 4.78 is 9.33. The number of esters is 1. The largest absolute Gasteiger partial charge is 0.459 e. The van der Waals surface area contributed by atoms with E-state index in [4.69, 9.17) is 14.6 Å². The molecule has 0 bridgehead atoms. The second-order valence-electron chi connectivity index (χ2n) is 2.81. The molecule has 0 amide bonds. The first-order valence-electron chi connectivity index (χ1n) is 3.81. The van der Waals surface area contributed by atoms with Crippen LogP contribution in [0.1, 0.15) is 6.92 Å². The molecule has 0 aromatic carbocycles. The molecule has 0 aromatic heterocycles. The third-order valence-electron chi connectivity index (χ3n) is 1.72. The third kappa shape index (κ3) is 2.76. The highest BCUT2D eigenvalue weighted by Crippen LogP contribution is 2.23. The summed E-state index contributed by atoms with van der Waals surface area (Å²) in [5, 5.41) is 18.4. The van der Waals surface area contributed by atoms with Crippen molar-refractivity contribution in [3.63, 3.8) is 0 Å². The Morgan fingerprint density at radius 1 is 1.62 bits per heavy atom. The maximum absolute atomic E-state index is 10.6. The van der Waals surface area contributed by atoms with Crippen molar-refractivity contribution in [2.24, 2.45) is 0 Å². The van der Waals surface area contributed by atoms with Crippen LogP contribution in [0.3, 0.4) is 0 Å². The number of carbonyl (C=O) groups excluding carboxylic acids is 1. The van der Waals surface area contributed by atoms with E-state index in [-0.39, 0.29) is 10.5 Å². The Morgan fingerprint density at radius 2 is 2.23 bits per heavy atom. The van der Waals surface area contributed by atoms with E-state index in [0.29, 0.717) is 0 Å². The van der Waals surface area contributed by atoms with Gasteiger partial charge in [-0.3, -0.25) is 4.79 Å². The molecule has 5 nitrogen and oxygen atoms in total. The monoisotopic (exact) mass is 302 g/mol. The normalized spacial score (nSPS) is 40.0. The summed E-state index contributed by atoms with van der Waals surface area (Å²) in [5.41, 5.74) is 0. The van der Waals surface area contributed by atoms with Crippen LogP contribution in [0.5, 0.6) is 0 Å². The third-order valence-corrected chi connectivity index (χ3v) is 3.26. The number of hydrogen-bond acceptors (Lipinski definition) is 5. The summed E-state index contributed by atoms with van der Waals surface area (Å²) in [6.07, 6.45) is -2.69. The number of hydrogen-bond donors (Lipinski definition) is 2. The zero-order valence-electron chi connectivity index (χ0n) is 7.01. The zero-order chi connectivity index (χ0) is 10.0. The highest BCUT2D eigenvalue weighted by Gasteiger charge is 2.38. The van der Waals surface area contributed by atoms with Crippen molar-refractivity contribution in [1.29, 1.82) is 0 Å². The van der Waals surface area contributed by atoms with E-state index in [1.54, 1.807) is 0 Å². The predicted molar refractivity (Wildman–Crippen MR) is 51.3 cm³/mol. The van der Waals surface area contributed by atoms with Gasteiger partial charge in [-0.25, -0.2) is 0 Å². The van der Waals surface area contributed by atoms with Crippen molar-refractivity contribution in [3.05, 3.63) is 0 Å². The van der Waals surface area contributed by atoms with Crippen LogP contribution in [0.2, 0.25) is 0 Å². The minimum atomic E-state index is -1.19. The van der Waals surface area contributed by atoms with Gasteiger partial charge in [0.15, 0.2) is 6.29 Å². The van der Waals surface area contributed by atoms with Crippen LogP contribution in [0.4, 0.5) is 0 Å². The first-order valence-corrected chi connectivity index (χ1v) is 5.06. The van der Waals surface area contributed by atoms with Crippen molar-refractivity contribution in [2.45, 2.75) is 29.3 Å². The van der Waals surface area contributed by atoms with E-state index >= 15 is 0 Å². The number of ether oxygens (including phenoxy) is 2. The predicted octanol–water partition coefficient (Wildman–Crippen LogP) is -0.569. The summed E-state index contributed by atoms with van der Waals surface area (Å²) in [7, 11) is 0. The van der Waals surface area contributed by atoms with Gasteiger partial charge < -0.3 is 19.7 Å². The number of alkyl halides is 1. The highest BCUT2D eigenvalue weighted by molar-refractivity contribution is 14.1. The summed E-state index contributed by atoms with van der Waals surface area (Å²) in [4.78, 5) is 10.6. The Bertz CT molecular complexity index is 197. The Kier molecular flexibility index (Phi) is 3.89. The average Bonchev–Trinajstić information content (AvgIpc) is 2.06. The highest BCUT2D eigenvalue weighted by atomic mass is 127. The first-order chi connectivity index (χ1) is 6.02. The summed E-state index contributed by atoms with van der Waals surface area (Å²) >= 11 is 1.93. The van der Waals surface area contributed by atoms with Gasteiger partial charge in [0.1, 0.15) is 12.2 Å². The lowest BCUT2D eigenvalue weighted by molar-refractivity contribution is -0.213. The van der Waals surface area contributed by atoms with Crippen LogP contribution in [-0.4, -0.2) is 45.2 Å². The molecule has 13 heavy (non-hydrogen) atoms. The van der Waals surface area contributed by atoms with Gasteiger partial charge in [-0.05, 0) is 0 Å². The van der Waals surface area contributed by atoms with E-state index in [0.717, 1.165) is 0 Å². The molecule has 0 saturated carbocycles. The number of aliphatic hydroxyl groups is 2. The number of aliphatic hydroxyl groups excluding tert-OH is 2. The second kappa shape index (κ2) is 4.54. The fourth-order valence-electron chi connectivity index (χ4n) is 1.07. The molecule has 1 heterocycles. The lowest BCUT2D eigenvalue weighted by Crippen LogP contribution is -2.51. The van der Waals surface area contributed by atoms with Gasteiger partial charge in [-0.15, -0.1) is 0 Å². The van der Waals surface area contributed by atoms with Gasteiger partial charge in [0.2, 0.25) is 0 Å². The quantitative estimate of drug-likeness (QED) is 0.385. The molecule has 1 saturated heterocycles. The minimum Gasteiger partial charge on any atom is -0.459 e. The molecule has 2 N–H and O–H groups in total. The lowest BCUT2D eigenvalue weighted by Gasteiger charge is -2.34. The van der Waals surface area contributed by atoms with Crippen LogP contribution >= 0.6 is 22.6 Å². The topological polar surface area (TPSA) is 76.0 Å². The molecule has 4 atom stereocenters. The average molecular weight is 302 g/mol. The standard InChI is InChI=1S/C7H11IO5/c1-3(9)13-4-2-12-7(11)6(10)5(4)8/h4-7,10-11H,2H2,1H3/t4-,5+,6-,7+/m1/s1. The molecule has 0 aromatic rings. The molecule has 0 aliphatic carbocycles. The fraction of sp³-hybridized carbons (Fsp3) is 0.857. The van der Waals surface area contributed by atoms with Gasteiger partial charge in [-0.2, -0.15) is 0 Å². The maximum atomic E-state index is 10.6. The molecule has 1 fully saturated rings. The van der Waals surface area contributed by atoms with Crippen molar-refractivity contribution in [3.8, 4) is 0 Å². The zero-order valence-corrected chi connectivity index (χ0v) is 9.17. The molecule has 1 aliphatic rings. The Morgan fingerprint density at radius 3 is 2.77 bits per heavy atom. The Hall–Kier alpha value is 0.0800. The molecule has 0 spiro atoms. The summed E-state index contributed by atoms with van der Waals surface area (Å²) in [5.74, 6) is -0.418. The first kappa shape index (κ1) is 11.2. The SMILES string of the molecule is CC(=O)O[C@@H]1CO[C@H](O)[C@H](O)[C@H]1I. The van der Waals surface area contributed by atoms with Crippen molar-refractivity contribution < 1.29 is 24.5 Å². The van der Waals surface area contributed by atoms with Gasteiger partial charge in [0.05, 0.1) is 10.5 Å². The molecule has 1 rings (SSSR count). The minimum absolute atomic E-state index is 0.116. The van der Waals surface area contributed by atoms with Gasteiger partial charge in [-0.1, -0.05) is 22.6 Å². The molecule has 0 unspecified atom stereocenters. The fourth-order valence-corrected chi connectivity index (χ4v) is 1.78. The molecule has 1 aliphatic heterocycles. The Balaban J connectivity index is 2.53. The maximum Gasteiger partial charge on any atom is 0.303 e. The number of carbonyl (C=O) groups is 1. The van der Waals surface area contributed by atoms with Crippen LogP contribution in [0.15, 0.2) is 0 Å². The van der Waals surface area contributed by atoms with Crippen molar-refractivity contribution >= 4 is 28.6 Å². The Labute approximate surface area is 89.2 Å². The van der Waals surface area contributed by atoms with E-state index in [1.807, 2.05) is 22.6 Å². The summed E-state index contributed by atoms with van der Waals surface area (Å²) in [6, 6.07) is 0. The van der Waals surface area contributed by atoms with Crippen LogP contribution in [-0.2, 0) is 14.3 Å². The van der Waals surface area contributed by atoms with Crippen molar-refractivity contribution in [1.82, 2.24) is 0 Å². The number of halogens is 1. The van der Waals surface area contributed by atoms with Gasteiger partial charge in [0, 0.05) is 6.92 Å². The molecular formula is C7H11IO5. The van der Waals surface area contributed by atoms with Crippen LogP contribution < -0.4 is 0 Å². The van der Waals surface area contributed by atoms with E-state index in [9.17, 15) is 9.90 Å². The number of rotatable bonds is 1. The molecule has 76 valence electrons. The van der Waals surface area contributed by atoms with Crippen LogP contribution in [0, 0.1) is 0 Å². The van der Waals surface area contributed by atoms with E-state index in [1.165, 1.54) is 6.92 Å². The molecule has 0 radical (unpaired) electrons. The molecule has 6 heteroatoms.